The third-order valence-electron chi connectivity index (χ3n) is 6.74. The molecule has 0 aliphatic rings. The zero-order valence-electron chi connectivity index (χ0n) is 21.8. The van der Waals surface area contributed by atoms with Crippen LogP contribution in [0, 0.1) is 27.7 Å². The molecule has 0 saturated heterocycles. The number of hydrogen-bond acceptors (Lipinski definition) is 0. The molecule has 0 heterocycles. The smallest absolute Gasteiger partial charge is 0.0279 e. The number of aryl methyl sites for hydroxylation is 6. The lowest BCUT2D eigenvalue weighted by Crippen LogP contribution is -1.89. The summed E-state index contributed by atoms with van der Waals surface area (Å²) in [5, 5.41) is 0. The first-order valence-electron chi connectivity index (χ1n) is 13.7. The van der Waals surface area contributed by atoms with E-state index in [9.17, 15) is 0 Å². The maximum Gasteiger partial charge on any atom is -0.0279 e. The predicted molar refractivity (Wildman–Crippen MR) is 144 cm³/mol. The molecule has 32 heavy (non-hydrogen) atoms. The SMILES string of the molecule is Cc1cc(C)cc(CCCCCCCCCCCCCCCCc2cc(C)cc(C)c2)c1. The van der Waals surface area contributed by atoms with Gasteiger partial charge in [-0.3, -0.25) is 0 Å². The van der Waals surface area contributed by atoms with E-state index in [0.29, 0.717) is 0 Å². The topological polar surface area (TPSA) is 0 Å². The van der Waals surface area contributed by atoms with Gasteiger partial charge in [0.25, 0.3) is 0 Å². The van der Waals surface area contributed by atoms with Crippen molar-refractivity contribution in [3.63, 3.8) is 0 Å². The molecule has 0 N–H and O–H groups in total. The Morgan fingerprint density at radius 1 is 0.312 bits per heavy atom. The van der Waals surface area contributed by atoms with E-state index in [2.05, 4.69) is 64.1 Å². The minimum atomic E-state index is 1.26. The number of unbranched alkanes of at least 4 members (excludes halogenated alkanes) is 13. The zero-order chi connectivity index (χ0) is 23.0. The summed E-state index contributed by atoms with van der Waals surface area (Å²) in [4.78, 5) is 0. The van der Waals surface area contributed by atoms with E-state index < -0.39 is 0 Å². The Hall–Kier alpha value is -1.56. The average Bonchev–Trinajstić information content (AvgIpc) is 2.72. The van der Waals surface area contributed by atoms with Gasteiger partial charge >= 0.3 is 0 Å². The molecule has 0 spiro atoms. The molecule has 0 heteroatoms. The Morgan fingerprint density at radius 3 is 0.781 bits per heavy atom. The standard InChI is InChI=1S/C32H50/c1-27-21-28(2)24-31(23-27)19-17-15-13-11-9-7-5-6-8-10-12-14-16-18-20-32-25-29(3)22-30(4)26-32/h21-26H,5-20H2,1-4H3. The summed E-state index contributed by atoms with van der Waals surface area (Å²) in [6, 6.07) is 14.0. The molecule has 2 aromatic rings. The first-order chi connectivity index (χ1) is 15.5. The van der Waals surface area contributed by atoms with E-state index in [0.717, 1.165) is 0 Å². The summed E-state index contributed by atoms with van der Waals surface area (Å²) >= 11 is 0. The second-order valence-electron chi connectivity index (χ2n) is 10.4. The molecule has 0 fully saturated rings. The summed E-state index contributed by atoms with van der Waals surface area (Å²) in [7, 11) is 0. The minimum Gasteiger partial charge on any atom is -0.0564 e. The van der Waals surface area contributed by atoms with E-state index in [1.165, 1.54) is 136 Å². The summed E-state index contributed by atoms with van der Waals surface area (Å²) in [6.07, 6.45) is 22.4. The van der Waals surface area contributed by atoms with Crippen LogP contribution in [0.25, 0.3) is 0 Å². The van der Waals surface area contributed by atoms with Gasteiger partial charge in [0.15, 0.2) is 0 Å². The monoisotopic (exact) mass is 434 g/mol. The van der Waals surface area contributed by atoms with Crippen LogP contribution >= 0.6 is 0 Å². The lowest BCUT2D eigenvalue weighted by molar-refractivity contribution is 0.533. The quantitative estimate of drug-likeness (QED) is 0.217. The average molecular weight is 435 g/mol. The Balaban J connectivity index is 1.32. The highest BCUT2D eigenvalue weighted by atomic mass is 14.0. The fourth-order valence-electron chi connectivity index (χ4n) is 5.21. The van der Waals surface area contributed by atoms with Crippen LogP contribution in [0.2, 0.25) is 0 Å². The lowest BCUT2D eigenvalue weighted by atomic mass is 10.0. The van der Waals surface area contributed by atoms with Crippen molar-refractivity contribution in [1.82, 2.24) is 0 Å². The molecule has 0 aromatic heterocycles. The molecule has 0 radical (unpaired) electrons. The van der Waals surface area contributed by atoms with Crippen LogP contribution in [0.1, 0.15) is 123 Å². The van der Waals surface area contributed by atoms with Crippen molar-refractivity contribution in [2.24, 2.45) is 0 Å². The van der Waals surface area contributed by atoms with E-state index in [4.69, 9.17) is 0 Å². The van der Waals surface area contributed by atoms with Gasteiger partial charge < -0.3 is 0 Å². The van der Waals surface area contributed by atoms with E-state index in [1.807, 2.05) is 0 Å². The van der Waals surface area contributed by atoms with Gasteiger partial charge in [0.2, 0.25) is 0 Å². The molecule has 178 valence electrons. The van der Waals surface area contributed by atoms with Crippen molar-refractivity contribution in [3.8, 4) is 0 Å². The van der Waals surface area contributed by atoms with E-state index in [-0.39, 0.29) is 0 Å². The predicted octanol–water partition coefficient (Wildman–Crippen LogP) is 10.2. The zero-order valence-corrected chi connectivity index (χ0v) is 21.8. The van der Waals surface area contributed by atoms with Gasteiger partial charge in [0, 0.05) is 0 Å². The van der Waals surface area contributed by atoms with Crippen molar-refractivity contribution in [1.29, 1.82) is 0 Å². The maximum absolute atomic E-state index is 2.36. The van der Waals surface area contributed by atoms with Gasteiger partial charge in [-0.2, -0.15) is 0 Å². The van der Waals surface area contributed by atoms with Crippen LogP contribution in [-0.4, -0.2) is 0 Å². The van der Waals surface area contributed by atoms with E-state index in [1.54, 1.807) is 0 Å². The van der Waals surface area contributed by atoms with Gasteiger partial charge in [-0.05, 0) is 64.5 Å². The fraction of sp³-hybridized carbons (Fsp3) is 0.625. The van der Waals surface area contributed by atoms with Crippen molar-refractivity contribution >= 4 is 0 Å². The molecule has 0 atom stereocenters. The highest BCUT2D eigenvalue weighted by molar-refractivity contribution is 5.29. The molecule has 0 nitrogen and oxygen atoms in total. The molecule has 0 saturated carbocycles. The van der Waals surface area contributed by atoms with Crippen molar-refractivity contribution in [3.05, 3.63) is 69.8 Å². The lowest BCUT2D eigenvalue weighted by Gasteiger charge is -2.06. The molecule has 0 aliphatic carbocycles. The summed E-state index contributed by atoms with van der Waals surface area (Å²) < 4.78 is 0. The summed E-state index contributed by atoms with van der Waals surface area (Å²) in [5.74, 6) is 0. The molecule has 2 aromatic carbocycles. The highest BCUT2D eigenvalue weighted by Gasteiger charge is 1.99. The summed E-state index contributed by atoms with van der Waals surface area (Å²) in [6.45, 7) is 8.85. The van der Waals surface area contributed by atoms with Crippen molar-refractivity contribution < 1.29 is 0 Å². The fourth-order valence-corrected chi connectivity index (χ4v) is 5.21. The van der Waals surface area contributed by atoms with Gasteiger partial charge in [0.1, 0.15) is 0 Å². The van der Waals surface area contributed by atoms with Crippen LogP contribution in [0.15, 0.2) is 36.4 Å². The van der Waals surface area contributed by atoms with Gasteiger partial charge in [0.05, 0.1) is 0 Å². The Labute approximate surface area is 200 Å². The summed E-state index contributed by atoms with van der Waals surface area (Å²) in [5.41, 5.74) is 8.70. The minimum absolute atomic E-state index is 1.26. The van der Waals surface area contributed by atoms with Crippen LogP contribution in [-0.2, 0) is 12.8 Å². The second kappa shape index (κ2) is 16.1. The van der Waals surface area contributed by atoms with Crippen molar-refractivity contribution in [2.45, 2.75) is 130 Å². The van der Waals surface area contributed by atoms with Gasteiger partial charge in [-0.15, -0.1) is 0 Å². The molecule has 0 amide bonds. The number of benzene rings is 2. The van der Waals surface area contributed by atoms with Crippen LogP contribution in [0.5, 0.6) is 0 Å². The third kappa shape index (κ3) is 12.5. The van der Waals surface area contributed by atoms with Crippen LogP contribution in [0.3, 0.4) is 0 Å². The Bertz CT molecular complexity index is 649. The second-order valence-corrected chi connectivity index (χ2v) is 10.4. The Morgan fingerprint density at radius 2 is 0.531 bits per heavy atom. The van der Waals surface area contributed by atoms with E-state index >= 15 is 0 Å². The van der Waals surface area contributed by atoms with Crippen molar-refractivity contribution in [2.75, 3.05) is 0 Å². The first kappa shape index (κ1) is 26.7. The molecule has 0 bridgehead atoms. The van der Waals surface area contributed by atoms with Crippen LogP contribution < -0.4 is 0 Å². The molecule has 2 rings (SSSR count). The van der Waals surface area contributed by atoms with Gasteiger partial charge in [-0.1, -0.05) is 136 Å². The molecule has 0 aliphatic heterocycles. The number of hydrogen-bond donors (Lipinski definition) is 0. The first-order valence-corrected chi connectivity index (χ1v) is 13.7. The van der Waals surface area contributed by atoms with Gasteiger partial charge in [-0.25, -0.2) is 0 Å². The molecular weight excluding hydrogens is 384 g/mol. The highest BCUT2D eigenvalue weighted by Crippen LogP contribution is 2.16. The molecule has 0 unspecified atom stereocenters. The third-order valence-corrected chi connectivity index (χ3v) is 6.74. The molecular formula is C32H50. The normalized spacial score (nSPS) is 11.2. The maximum atomic E-state index is 2.36. The Kier molecular flexibility index (Phi) is 13.4. The number of rotatable bonds is 17. The van der Waals surface area contributed by atoms with Crippen LogP contribution in [0.4, 0.5) is 0 Å². The largest absolute Gasteiger partial charge is 0.0564 e.